The van der Waals surface area contributed by atoms with Gasteiger partial charge in [-0.3, -0.25) is 0 Å². The minimum Gasteiger partial charge on any atom is -0.465 e. The number of benzene rings is 2. The summed E-state index contributed by atoms with van der Waals surface area (Å²) in [5.74, 6) is -3.47. The summed E-state index contributed by atoms with van der Waals surface area (Å²) in [4.78, 5) is 51.2. The second-order valence-electron chi connectivity index (χ2n) is 10.7. The molecule has 0 unspecified atom stereocenters. The fourth-order valence-corrected chi connectivity index (χ4v) is 7.27. The summed E-state index contributed by atoms with van der Waals surface area (Å²) in [6.45, 7) is 0.451. The Morgan fingerprint density at radius 2 is 0.850 bits per heavy atom. The quantitative estimate of drug-likeness (QED) is 0.413. The zero-order valence-corrected chi connectivity index (χ0v) is 22.8. The number of carbonyl (C=O) groups is 4. The molecule has 10 nitrogen and oxygen atoms in total. The molecule has 6 rings (SSSR count). The van der Waals surface area contributed by atoms with Gasteiger partial charge in [-0.15, -0.1) is 0 Å². The van der Waals surface area contributed by atoms with Crippen LogP contribution in [0.1, 0.15) is 95.8 Å². The van der Waals surface area contributed by atoms with Crippen molar-refractivity contribution in [3.05, 3.63) is 68.8 Å². The lowest BCUT2D eigenvalue weighted by atomic mass is 9.34. The second kappa shape index (κ2) is 9.14. The minimum atomic E-state index is -0.798. The van der Waals surface area contributed by atoms with E-state index in [0.717, 1.165) is 54.4 Å². The van der Waals surface area contributed by atoms with Crippen LogP contribution in [0.2, 0.25) is 0 Å². The summed E-state index contributed by atoms with van der Waals surface area (Å²) in [7, 11) is 4.99. The first kappa shape index (κ1) is 26.5. The van der Waals surface area contributed by atoms with Crippen molar-refractivity contribution in [1.29, 1.82) is 0 Å². The molecule has 40 heavy (non-hydrogen) atoms. The molecule has 4 aliphatic rings. The largest absolute Gasteiger partial charge is 0.465 e. The van der Waals surface area contributed by atoms with E-state index in [0.29, 0.717) is 0 Å². The average molecular weight is 551 g/mol. The van der Waals surface area contributed by atoms with Gasteiger partial charge in [0.05, 0.1) is 74.7 Å². The van der Waals surface area contributed by atoms with Gasteiger partial charge in [0.1, 0.15) is 0 Å². The topological polar surface area (TPSA) is 124 Å². The van der Waals surface area contributed by atoms with Crippen LogP contribution in [0.25, 0.3) is 0 Å². The standard InChI is InChI=1S/C30H30O10/c1-35-24(31)16-10-20-21(11-17(16)25(32)36-2)30-15-40-28(8-6-5-7-9-28)39-14-29(20,30)22-12-18(26(33)37-3)19(13-23(22)30)27(34)38-4/h10-13H,5-9,14-15H2,1-4H3. The molecule has 0 radical (unpaired) electrons. The van der Waals surface area contributed by atoms with Crippen molar-refractivity contribution in [2.45, 2.75) is 48.7 Å². The van der Waals surface area contributed by atoms with Crippen LogP contribution in [-0.4, -0.2) is 71.3 Å². The van der Waals surface area contributed by atoms with Crippen LogP contribution in [0.15, 0.2) is 24.3 Å². The number of esters is 4. The van der Waals surface area contributed by atoms with Crippen molar-refractivity contribution >= 4 is 23.9 Å². The molecular weight excluding hydrogens is 520 g/mol. The van der Waals surface area contributed by atoms with Crippen molar-refractivity contribution in [1.82, 2.24) is 0 Å². The van der Waals surface area contributed by atoms with Crippen molar-refractivity contribution in [2.75, 3.05) is 41.7 Å². The third-order valence-electron chi connectivity index (χ3n) is 9.22. The molecule has 0 amide bonds. The number of fused-ring (bicyclic) bond motifs is 2. The Balaban J connectivity index is 1.61. The molecule has 2 aromatic carbocycles. The molecule has 0 N–H and O–H groups in total. The summed E-state index contributed by atoms with van der Waals surface area (Å²) in [5.41, 5.74) is 1.77. The van der Waals surface area contributed by atoms with Crippen LogP contribution in [0, 0.1) is 0 Å². The maximum absolute atomic E-state index is 12.8. The van der Waals surface area contributed by atoms with E-state index in [1.165, 1.54) is 28.4 Å². The summed E-state index contributed by atoms with van der Waals surface area (Å²) in [6.07, 6.45) is 4.53. The van der Waals surface area contributed by atoms with Crippen LogP contribution < -0.4 is 0 Å². The Hall–Kier alpha value is -3.76. The molecule has 1 saturated carbocycles. The minimum absolute atomic E-state index is 0.0708. The van der Waals surface area contributed by atoms with Crippen LogP contribution in [0.3, 0.4) is 0 Å². The van der Waals surface area contributed by atoms with Crippen molar-refractivity contribution in [3.63, 3.8) is 0 Å². The number of rotatable bonds is 4. The normalized spacial score (nSPS) is 24.9. The van der Waals surface area contributed by atoms with Gasteiger partial charge in [0.25, 0.3) is 0 Å². The van der Waals surface area contributed by atoms with E-state index < -0.39 is 40.5 Å². The molecule has 1 heterocycles. The van der Waals surface area contributed by atoms with Gasteiger partial charge in [0, 0.05) is 12.8 Å². The Bertz CT molecular complexity index is 1280. The number of carbonyl (C=O) groups excluding carboxylic acids is 4. The molecule has 1 aliphatic heterocycles. The highest BCUT2D eigenvalue weighted by atomic mass is 16.7. The van der Waals surface area contributed by atoms with Crippen LogP contribution in [0.4, 0.5) is 0 Å². The fraction of sp³-hybridized carbons (Fsp3) is 0.467. The molecule has 210 valence electrons. The average Bonchev–Trinajstić information content (AvgIpc) is 3.07. The first-order chi connectivity index (χ1) is 19.2. The summed E-state index contributed by atoms with van der Waals surface area (Å²) < 4.78 is 33.2. The SMILES string of the molecule is COC(=O)c1cc2c(cc1C(=O)OC)C13COC4(CCCCC4)OCC21c1cc(C(=O)OC)c(C(=O)OC)cc13. The molecule has 10 heteroatoms. The smallest absolute Gasteiger partial charge is 0.338 e. The van der Waals surface area contributed by atoms with Crippen LogP contribution in [-0.2, 0) is 39.3 Å². The highest BCUT2D eigenvalue weighted by Gasteiger charge is 2.75. The Labute approximate surface area is 230 Å². The number of methoxy groups -OCH3 is 4. The Morgan fingerprint density at radius 3 is 1.12 bits per heavy atom. The lowest BCUT2D eigenvalue weighted by Crippen LogP contribution is -2.71. The molecule has 1 saturated heterocycles. The van der Waals surface area contributed by atoms with E-state index in [2.05, 4.69) is 0 Å². The van der Waals surface area contributed by atoms with E-state index in [-0.39, 0.29) is 35.5 Å². The van der Waals surface area contributed by atoms with Gasteiger partial charge < -0.3 is 28.4 Å². The first-order valence-corrected chi connectivity index (χ1v) is 13.2. The van der Waals surface area contributed by atoms with Crippen LogP contribution >= 0.6 is 0 Å². The molecule has 2 fully saturated rings. The third kappa shape index (κ3) is 3.17. The van der Waals surface area contributed by atoms with Gasteiger partial charge in [-0.2, -0.15) is 0 Å². The molecular formula is C30H30O10. The number of hydrogen-bond donors (Lipinski definition) is 0. The number of hydrogen-bond acceptors (Lipinski definition) is 10. The van der Waals surface area contributed by atoms with E-state index in [4.69, 9.17) is 28.4 Å². The predicted molar refractivity (Wildman–Crippen MR) is 138 cm³/mol. The summed E-state index contributed by atoms with van der Waals surface area (Å²) >= 11 is 0. The summed E-state index contributed by atoms with van der Waals surface area (Å²) in [6, 6.07) is 6.62. The fourth-order valence-electron chi connectivity index (χ4n) is 7.27. The van der Waals surface area contributed by atoms with Gasteiger partial charge in [0.15, 0.2) is 5.79 Å². The van der Waals surface area contributed by atoms with Crippen molar-refractivity contribution in [2.24, 2.45) is 0 Å². The third-order valence-corrected chi connectivity index (χ3v) is 9.22. The van der Waals surface area contributed by atoms with Gasteiger partial charge >= 0.3 is 23.9 Å². The molecule has 0 aromatic heterocycles. The van der Waals surface area contributed by atoms with Crippen LogP contribution in [0.5, 0.6) is 0 Å². The molecule has 0 bridgehead atoms. The van der Waals surface area contributed by atoms with Crippen molar-refractivity contribution in [3.8, 4) is 0 Å². The molecule has 2 aromatic rings. The maximum atomic E-state index is 12.8. The van der Waals surface area contributed by atoms with E-state index in [1.54, 1.807) is 24.3 Å². The zero-order chi connectivity index (χ0) is 28.4. The van der Waals surface area contributed by atoms with E-state index in [9.17, 15) is 19.2 Å². The Kier molecular flexibility index (Phi) is 6.05. The van der Waals surface area contributed by atoms with Gasteiger partial charge in [-0.05, 0) is 59.4 Å². The zero-order valence-electron chi connectivity index (χ0n) is 22.8. The summed E-state index contributed by atoms with van der Waals surface area (Å²) in [5, 5.41) is 0. The Morgan fingerprint density at radius 1 is 0.550 bits per heavy atom. The second-order valence-corrected chi connectivity index (χ2v) is 10.7. The maximum Gasteiger partial charge on any atom is 0.338 e. The molecule has 3 aliphatic carbocycles. The molecule has 1 spiro atoms. The van der Waals surface area contributed by atoms with Gasteiger partial charge in [-0.1, -0.05) is 6.42 Å². The van der Waals surface area contributed by atoms with E-state index in [1.807, 2.05) is 0 Å². The highest BCUT2D eigenvalue weighted by molar-refractivity contribution is 6.06. The lowest BCUT2D eigenvalue weighted by molar-refractivity contribution is -0.243. The number of ether oxygens (including phenoxy) is 6. The van der Waals surface area contributed by atoms with E-state index >= 15 is 0 Å². The predicted octanol–water partition coefficient (Wildman–Crippen LogP) is 3.44. The monoisotopic (exact) mass is 550 g/mol. The van der Waals surface area contributed by atoms with Crippen molar-refractivity contribution < 1.29 is 47.6 Å². The first-order valence-electron chi connectivity index (χ1n) is 13.2. The lowest BCUT2D eigenvalue weighted by Gasteiger charge is -2.68. The van der Waals surface area contributed by atoms with Gasteiger partial charge in [0.2, 0.25) is 0 Å². The van der Waals surface area contributed by atoms with Gasteiger partial charge in [-0.25, -0.2) is 19.2 Å². The molecule has 0 atom stereocenters. The highest BCUT2D eigenvalue weighted by Crippen LogP contribution is 2.73.